The number of pyridine rings is 2. The van der Waals surface area contributed by atoms with Gasteiger partial charge in [0, 0.05) is 18.5 Å². The van der Waals surface area contributed by atoms with Gasteiger partial charge < -0.3 is 0 Å². The fourth-order valence-corrected chi connectivity index (χ4v) is 1.03. The van der Waals surface area contributed by atoms with Crippen molar-refractivity contribution < 1.29 is 0 Å². The summed E-state index contributed by atoms with van der Waals surface area (Å²) in [6.45, 7) is 0. The van der Waals surface area contributed by atoms with Crippen LogP contribution in [0, 0.1) is 6.07 Å². The summed E-state index contributed by atoms with van der Waals surface area (Å²) in [6.07, 6.45) is 3.19. The van der Waals surface area contributed by atoms with Gasteiger partial charge in [0.15, 0.2) is 0 Å². The fourth-order valence-electron chi connectivity index (χ4n) is 0.877. The molecule has 2 aromatic rings. The largest absolute Gasteiger partial charge is 0.254 e. The van der Waals surface area contributed by atoms with Crippen LogP contribution in [0.4, 0.5) is 0 Å². The quantitative estimate of drug-likeness (QED) is 0.594. The van der Waals surface area contributed by atoms with Crippen molar-refractivity contribution in [2.24, 2.45) is 0 Å². The number of rotatable bonds is 0. The summed E-state index contributed by atoms with van der Waals surface area (Å²) in [4.78, 5) is 8.09. The molecular formula is C8H4ClN2. The molecule has 3 heteroatoms. The molecule has 53 valence electrons. The molecular weight excluding hydrogens is 160 g/mol. The number of hydrogen-bond acceptors (Lipinski definition) is 2. The van der Waals surface area contributed by atoms with E-state index in [1.807, 2.05) is 0 Å². The molecule has 2 nitrogen and oxygen atoms in total. The van der Waals surface area contributed by atoms with E-state index in [1.54, 1.807) is 24.5 Å². The van der Waals surface area contributed by atoms with E-state index in [2.05, 4.69) is 16.0 Å². The van der Waals surface area contributed by atoms with Crippen LogP contribution in [0.25, 0.3) is 11.0 Å². The van der Waals surface area contributed by atoms with Gasteiger partial charge >= 0.3 is 0 Å². The van der Waals surface area contributed by atoms with Gasteiger partial charge in [-0.1, -0.05) is 11.6 Å². The maximum absolute atomic E-state index is 5.71. The minimum Gasteiger partial charge on any atom is -0.254 e. The van der Waals surface area contributed by atoms with Crippen LogP contribution in [-0.4, -0.2) is 9.97 Å². The third kappa shape index (κ3) is 1.17. The maximum Gasteiger partial charge on any atom is 0.0901 e. The highest BCUT2D eigenvalue weighted by atomic mass is 35.5. The molecule has 0 saturated carbocycles. The highest BCUT2D eigenvalue weighted by Crippen LogP contribution is 2.12. The van der Waals surface area contributed by atoms with Crippen LogP contribution in [0.3, 0.4) is 0 Å². The SMILES string of the molecule is Clc1cnc2c[c]cnc2c1. The second kappa shape index (κ2) is 2.47. The smallest absolute Gasteiger partial charge is 0.0901 e. The maximum atomic E-state index is 5.71. The third-order valence-electron chi connectivity index (χ3n) is 1.36. The van der Waals surface area contributed by atoms with Gasteiger partial charge in [0.25, 0.3) is 0 Å². The zero-order valence-corrected chi connectivity index (χ0v) is 6.34. The minimum atomic E-state index is 0.608. The lowest BCUT2D eigenvalue weighted by atomic mass is 10.3. The van der Waals surface area contributed by atoms with Crippen molar-refractivity contribution in [1.29, 1.82) is 0 Å². The molecule has 2 rings (SSSR count). The van der Waals surface area contributed by atoms with E-state index < -0.39 is 0 Å². The van der Waals surface area contributed by atoms with E-state index in [1.165, 1.54) is 0 Å². The molecule has 0 fully saturated rings. The molecule has 2 aromatic heterocycles. The second-order valence-corrected chi connectivity index (χ2v) is 2.56. The van der Waals surface area contributed by atoms with Gasteiger partial charge in [-0.25, -0.2) is 0 Å². The van der Waals surface area contributed by atoms with Gasteiger partial charge in [0.05, 0.1) is 16.1 Å². The first-order chi connectivity index (χ1) is 5.36. The summed E-state index contributed by atoms with van der Waals surface area (Å²) in [7, 11) is 0. The van der Waals surface area contributed by atoms with Crippen molar-refractivity contribution in [3.05, 3.63) is 35.6 Å². The predicted molar refractivity (Wildman–Crippen MR) is 43.4 cm³/mol. The highest BCUT2D eigenvalue weighted by Gasteiger charge is 1.94. The van der Waals surface area contributed by atoms with Crippen LogP contribution in [0.5, 0.6) is 0 Å². The lowest BCUT2D eigenvalue weighted by molar-refractivity contribution is 1.33. The highest BCUT2D eigenvalue weighted by molar-refractivity contribution is 6.31. The molecule has 0 spiro atoms. The topological polar surface area (TPSA) is 25.8 Å². The van der Waals surface area contributed by atoms with Gasteiger partial charge in [-0.05, 0) is 12.1 Å². The van der Waals surface area contributed by atoms with Crippen molar-refractivity contribution in [1.82, 2.24) is 9.97 Å². The first kappa shape index (κ1) is 6.55. The number of halogens is 1. The van der Waals surface area contributed by atoms with Crippen LogP contribution >= 0.6 is 11.6 Å². The number of nitrogens with zero attached hydrogens (tertiary/aromatic N) is 2. The van der Waals surface area contributed by atoms with Crippen LogP contribution in [-0.2, 0) is 0 Å². The Morgan fingerprint density at radius 1 is 1.27 bits per heavy atom. The number of fused-ring (bicyclic) bond motifs is 1. The van der Waals surface area contributed by atoms with Crippen molar-refractivity contribution in [2.75, 3.05) is 0 Å². The Bertz CT molecular complexity index is 387. The summed E-state index contributed by atoms with van der Waals surface area (Å²) in [5.41, 5.74) is 1.62. The summed E-state index contributed by atoms with van der Waals surface area (Å²) in [6, 6.07) is 6.39. The summed E-state index contributed by atoms with van der Waals surface area (Å²) in [5, 5.41) is 0.608. The molecule has 0 amide bonds. The average molecular weight is 164 g/mol. The Balaban J connectivity index is 2.83. The molecule has 2 heterocycles. The van der Waals surface area contributed by atoms with Crippen molar-refractivity contribution in [2.45, 2.75) is 0 Å². The monoisotopic (exact) mass is 163 g/mol. The van der Waals surface area contributed by atoms with E-state index in [9.17, 15) is 0 Å². The van der Waals surface area contributed by atoms with Crippen LogP contribution in [0.15, 0.2) is 24.5 Å². The van der Waals surface area contributed by atoms with Gasteiger partial charge in [-0.2, -0.15) is 0 Å². The molecule has 0 aromatic carbocycles. The zero-order valence-electron chi connectivity index (χ0n) is 5.58. The Morgan fingerprint density at radius 2 is 2.18 bits per heavy atom. The van der Waals surface area contributed by atoms with E-state index in [0.717, 1.165) is 11.0 Å². The molecule has 1 radical (unpaired) electrons. The minimum absolute atomic E-state index is 0.608. The average Bonchev–Trinajstić information content (AvgIpc) is 2.04. The molecule has 0 atom stereocenters. The third-order valence-corrected chi connectivity index (χ3v) is 1.57. The van der Waals surface area contributed by atoms with Crippen molar-refractivity contribution in [3.8, 4) is 0 Å². The van der Waals surface area contributed by atoms with E-state index >= 15 is 0 Å². The second-order valence-electron chi connectivity index (χ2n) is 2.13. The Kier molecular flexibility index (Phi) is 1.47. The summed E-state index contributed by atoms with van der Waals surface area (Å²) < 4.78 is 0. The molecule has 0 saturated heterocycles. The Morgan fingerprint density at radius 3 is 3.09 bits per heavy atom. The zero-order chi connectivity index (χ0) is 7.68. The Hall–Kier alpha value is -1.15. The summed E-state index contributed by atoms with van der Waals surface area (Å²) in [5.74, 6) is 0. The molecule has 0 aliphatic carbocycles. The fraction of sp³-hybridized carbons (Fsp3) is 0. The van der Waals surface area contributed by atoms with E-state index in [4.69, 9.17) is 11.6 Å². The van der Waals surface area contributed by atoms with Gasteiger partial charge in [-0.3, -0.25) is 9.97 Å². The van der Waals surface area contributed by atoms with E-state index in [-0.39, 0.29) is 0 Å². The van der Waals surface area contributed by atoms with Gasteiger partial charge in [0.1, 0.15) is 0 Å². The van der Waals surface area contributed by atoms with E-state index in [0.29, 0.717) is 5.02 Å². The first-order valence-electron chi connectivity index (χ1n) is 3.13. The molecule has 0 unspecified atom stereocenters. The van der Waals surface area contributed by atoms with Crippen molar-refractivity contribution >= 4 is 22.6 Å². The molecule has 0 aliphatic rings. The first-order valence-corrected chi connectivity index (χ1v) is 3.51. The molecule has 0 N–H and O–H groups in total. The predicted octanol–water partition coefficient (Wildman–Crippen LogP) is 2.08. The van der Waals surface area contributed by atoms with Gasteiger partial charge in [0.2, 0.25) is 0 Å². The van der Waals surface area contributed by atoms with Crippen molar-refractivity contribution in [3.63, 3.8) is 0 Å². The summed E-state index contributed by atoms with van der Waals surface area (Å²) >= 11 is 5.71. The lowest BCUT2D eigenvalue weighted by Crippen LogP contribution is -1.80. The Labute approximate surface area is 68.9 Å². The number of aromatic nitrogens is 2. The standard InChI is InChI=1S/C8H4ClN2/c9-6-4-8-7(11-5-6)2-1-3-10-8/h2-5H. The number of hydrogen-bond donors (Lipinski definition) is 0. The normalized spacial score (nSPS) is 10.3. The molecule has 0 aliphatic heterocycles. The molecule has 11 heavy (non-hydrogen) atoms. The van der Waals surface area contributed by atoms with Crippen LogP contribution < -0.4 is 0 Å². The van der Waals surface area contributed by atoms with Crippen LogP contribution in [0.2, 0.25) is 5.02 Å². The van der Waals surface area contributed by atoms with Gasteiger partial charge in [-0.15, -0.1) is 0 Å². The molecule has 0 bridgehead atoms. The lowest BCUT2D eigenvalue weighted by Gasteiger charge is -1.93. The van der Waals surface area contributed by atoms with Crippen LogP contribution in [0.1, 0.15) is 0 Å².